The second-order valence-electron chi connectivity index (χ2n) is 8.57. The number of amides is 2. The minimum atomic E-state index is -0.811. The molecule has 4 rings (SSSR count). The summed E-state index contributed by atoms with van der Waals surface area (Å²) in [5, 5.41) is 12.6. The van der Waals surface area contributed by atoms with Crippen molar-refractivity contribution in [1.82, 2.24) is 9.80 Å². The standard InChI is InChI=1S/C22H31N3O4/c1-3-15-14-24(11-4-12-25(15)21(27)28)16-7-9-22(10-8-16)18-13-17(29-2)5-6-19(18)23-20(22)26/h5-6,13,15-16H,3-4,7-12,14H2,1-2H3,(H,23,26)(H,27,28). The maximum absolute atomic E-state index is 12.9. The zero-order valence-electron chi connectivity index (χ0n) is 17.3. The van der Waals surface area contributed by atoms with E-state index in [-0.39, 0.29) is 11.9 Å². The normalized spacial score (nSPS) is 30.0. The van der Waals surface area contributed by atoms with E-state index in [0.29, 0.717) is 12.6 Å². The number of methoxy groups -OCH3 is 1. The molecule has 29 heavy (non-hydrogen) atoms. The number of carbonyl (C=O) groups is 2. The van der Waals surface area contributed by atoms with Gasteiger partial charge in [-0.05, 0) is 62.3 Å². The van der Waals surface area contributed by atoms with Gasteiger partial charge in [-0.2, -0.15) is 0 Å². The number of rotatable bonds is 3. The Hall–Kier alpha value is -2.28. The molecule has 3 aliphatic rings. The van der Waals surface area contributed by atoms with Crippen LogP contribution in [0.15, 0.2) is 18.2 Å². The number of nitrogens with one attached hydrogen (secondary N) is 1. The van der Waals surface area contributed by atoms with Crippen molar-refractivity contribution in [2.24, 2.45) is 0 Å². The maximum Gasteiger partial charge on any atom is 0.407 e. The summed E-state index contributed by atoms with van der Waals surface area (Å²) in [6.07, 6.45) is 4.43. The highest BCUT2D eigenvalue weighted by Gasteiger charge is 2.49. The maximum atomic E-state index is 12.9. The minimum absolute atomic E-state index is 0.0469. The minimum Gasteiger partial charge on any atom is -0.497 e. The van der Waals surface area contributed by atoms with Crippen molar-refractivity contribution in [3.05, 3.63) is 23.8 Å². The van der Waals surface area contributed by atoms with Crippen molar-refractivity contribution < 1.29 is 19.4 Å². The van der Waals surface area contributed by atoms with Gasteiger partial charge in [0.2, 0.25) is 5.91 Å². The van der Waals surface area contributed by atoms with Gasteiger partial charge in [0.25, 0.3) is 0 Å². The molecule has 1 aliphatic carbocycles. The van der Waals surface area contributed by atoms with Gasteiger partial charge in [0, 0.05) is 37.4 Å². The van der Waals surface area contributed by atoms with Crippen LogP contribution >= 0.6 is 0 Å². The molecule has 1 saturated heterocycles. The third kappa shape index (κ3) is 3.45. The Kier molecular flexibility index (Phi) is 5.42. The highest BCUT2D eigenvalue weighted by atomic mass is 16.5. The van der Waals surface area contributed by atoms with Crippen LogP contribution in [-0.4, -0.2) is 65.7 Å². The molecule has 2 amide bonds. The van der Waals surface area contributed by atoms with Gasteiger partial charge in [0.15, 0.2) is 0 Å². The molecule has 158 valence electrons. The smallest absolute Gasteiger partial charge is 0.407 e. The summed E-state index contributed by atoms with van der Waals surface area (Å²) < 4.78 is 5.39. The SMILES string of the molecule is CCC1CN(C2CCC3(CC2)C(=O)Nc2ccc(OC)cc23)CCCN1C(=O)O. The first-order valence-electron chi connectivity index (χ1n) is 10.7. The lowest BCUT2D eigenvalue weighted by Crippen LogP contribution is -2.49. The van der Waals surface area contributed by atoms with Crippen molar-refractivity contribution in [2.75, 3.05) is 32.1 Å². The van der Waals surface area contributed by atoms with E-state index in [2.05, 4.69) is 17.1 Å². The topological polar surface area (TPSA) is 82.1 Å². The molecule has 1 unspecified atom stereocenters. The van der Waals surface area contributed by atoms with Crippen LogP contribution in [0, 0.1) is 0 Å². The van der Waals surface area contributed by atoms with Crippen LogP contribution < -0.4 is 10.1 Å². The van der Waals surface area contributed by atoms with Crippen molar-refractivity contribution in [3.8, 4) is 5.75 Å². The van der Waals surface area contributed by atoms with Crippen LogP contribution in [0.4, 0.5) is 10.5 Å². The van der Waals surface area contributed by atoms with E-state index in [1.54, 1.807) is 12.0 Å². The Balaban J connectivity index is 1.49. The highest BCUT2D eigenvalue weighted by Crippen LogP contribution is 2.49. The number of benzene rings is 1. The zero-order valence-corrected chi connectivity index (χ0v) is 17.3. The van der Waals surface area contributed by atoms with E-state index >= 15 is 0 Å². The van der Waals surface area contributed by atoms with Crippen molar-refractivity contribution in [1.29, 1.82) is 0 Å². The van der Waals surface area contributed by atoms with Gasteiger partial charge in [-0.3, -0.25) is 9.69 Å². The molecule has 1 saturated carbocycles. The molecular formula is C22H31N3O4. The average Bonchev–Trinajstić information content (AvgIpc) is 2.88. The molecule has 2 N–H and O–H groups in total. The Labute approximate surface area is 172 Å². The number of ether oxygens (including phenoxy) is 1. The lowest BCUT2D eigenvalue weighted by molar-refractivity contribution is -0.122. The molecule has 1 atom stereocenters. The molecule has 1 spiro atoms. The Morgan fingerprint density at radius 3 is 2.72 bits per heavy atom. The first-order valence-corrected chi connectivity index (χ1v) is 10.7. The van der Waals surface area contributed by atoms with Gasteiger partial charge in [-0.1, -0.05) is 6.92 Å². The fourth-order valence-electron chi connectivity index (χ4n) is 5.50. The second kappa shape index (κ2) is 7.86. The third-order valence-corrected chi connectivity index (χ3v) is 7.20. The van der Waals surface area contributed by atoms with Crippen molar-refractivity contribution in [2.45, 2.75) is 62.9 Å². The monoisotopic (exact) mass is 401 g/mol. The molecule has 2 fully saturated rings. The van der Waals surface area contributed by atoms with Crippen LogP contribution in [0.2, 0.25) is 0 Å². The Bertz CT molecular complexity index is 788. The summed E-state index contributed by atoms with van der Waals surface area (Å²) in [5.41, 5.74) is 1.52. The number of anilines is 1. The molecule has 1 aromatic carbocycles. The van der Waals surface area contributed by atoms with E-state index in [0.717, 1.165) is 68.6 Å². The lowest BCUT2D eigenvalue weighted by Gasteiger charge is -2.41. The highest BCUT2D eigenvalue weighted by molar-refractivity contribution is 6.06. The van der Waals surface area contributed by atoms with E-state index in [1.165, 1.54) is 0 Å². The van der Waals surface area contributed by atoms with Crippen LogP contribution in [0.25, 0.3) is 0 Å². The number of hydrogen-bond acceptors (Lipinski definition) is 4. The van der Waals surface area contributed by atoms with Gasteiger partial charge in [0.1, 0.15) is 5.75 Å². The molecule has 0 aromatic heterocycles. The predicted octanol–water partition coefficient (Wildman–Crippen LogP) is 3.29. The second-order valence-corrected chi connectivity index (χ2v) is 8.57. The van der Waals surface area contributed by atoms with Gasteiger partial charge in [-0.15, -0.1) is 0 Å². The molecule has 2 aliphatic heterocycles. The largest absolute Gasteiger partial charge is 0.497 e. The molecule has 0 radical (unpaired) electrons. The summed E-state index contributed by atoms with van der Waals surface area (Å²) in [4.78, 5) is 28.6. The van der Waals surface area contributed by atoms with Crippen LogP contribution in [0.5, 0.6) is 5.75 Å². The lowest BCUT2D eigenvalue weighted by atomic mass is 9.68. The Morgan fingerprint density at radius 2 is 2.07 bits per heavy atom. The number of carboxylic acid groups (broad SMARTS) is 1. The predicted molar refractivity (Wildman–Crippen MR) is 111 cm³/mol. The molecule has 7 heteroatoms. The van der Waals surface area contributed by atoms with E-state index in [9.17, 15) is 14.7 Å². The Morgan fingerprint density at radius 1 is 1.31 bits per heavy atom. The first kappa shape index (κ1) is 20.0. The number of nitrogens with zero attached hydrogens (tertiary/aromatic N) is 2. The van der Waals surface area contributed by atoms with Crippen LogP contribution in [0.1, 0.15) is 51.0 Å². The van der Waals surface area contributed by atoms with E-state index in [1.807, 2.05) is 18.2 Å². The fraction of sp³-hybridized carbons (Fsp3) is 0.636. The molecular weight excluding hydrogens is 370 g/mol. The molecule has 1 aromatic rings. The molecule has 2 heterocycles. The summed E-state index contributed by atoms with van der Waals surface area (Å²) in [6.45, 7) is 4.38. The van der Waals surface area contributed by atoms with E-state index < -0.39 is 11.5 Å². The van der Waals surface area contributed by atoms with Crippen molar-refractivity contribution in [3.63, 3.8) is 0 Å². The van der Waals surface area contributed by atoms with Crippen LogP contribution in [-0.2, 0) is 10.2 Å². The average molecular weight is 402 g/mol. The summed E-state index contributed by atoms with van der Waals surface area (Å²) in [5.74, 6) is 0.896. The zero-order chi connectivity index (χ0) is 20.6. The third-order valence-electron chi connectivity index (χ3n) is 7.20. The first-order chi connectivity index (χ1) is 14.0. The van der Waals surface area contributed by atoms with Gasteiger partial charge in [-0.25, -0.2) is 4.79 Å². The van der Waals surface area contributed by atoms with Crippen LogP contribution in [0.3, 0.4) is 0 Å². The molecule has 7 nitrogen and oxygen atoms in total. The molecule has 0 bridgehead atoms. The van der Waals surface area contributed by atoms with E-state index in [4.69, 9.17) is 4.74 Å². The number of fused-ring (bicyclic) bond motifs is 2. The fourth-order valence-corrected chi connectivity index (χ4v) is 5.50. The van der Waals surface area contributed by atoms with Crippen molar-refractivity contribution >= 4 is 17.7 Å². The van der Waals surface area contributed by atoms with Gasteiger partial charge in [0.05, 0.1) is 12.5 Å². The van der Waals surface area contributed by atoms with Gasteiger partial charge >= 0.3 is 6.09 Å². The quantitative estimate of drug-likeness (QED) is 0.812. The number of hydrogen-bond donors (Lipinski definition) is 2. The van der Waals surface area contributed by atoms with Gasteiger partial charge < -0.3 is 20.1 Å². The summed E-state index contributed by atoms with van der Waals surface area (Å²) in [6, 6.07) is 6.29. The summed E-state index contributed by atoms with van der Waals surface area (Å²) in [7, 11) is 1.65. The number of carbonyl (C=O) groups excluding carboxylic acids is 1. The summed E-state index contributed by atoms with van der Waals surface area (Å²) >= 11 is 0.